The Kier molecular flexibility index (Phi) is 3.41. The van der Waals surface area contributed by atoms with E-state index in [9.17, 15) is 4.79 Å². The monoisotopic (exact) mass is 220 g/mol. The molecule has 1 aliphatic heterocycles. The molecule has 1 aliphatic rings. The summed E-state index contributed by atoms with van der Waals surface area (Å²) in [5, 5.41) is 2.86. The molecule has 1 unspecified atom stereocenters. The minimum absolute atomic E-state index is 0.0219. The van der Waals surface area contributed by atoms with Crippen molar-refractivity contribution >= 4 is 17.3 Å². The number of rotatable bonds is 2. The van der Waals surface area contributed by atoms with Crippen LogP contribution in [0.4, 0.5) is 11.4 Å². The lowest BCUT2D eigenvalue weighted by Crippen LogP contribution is -2.30. The first-order chi connectivity index (χ1) is 7.75. The van der Waals surface area contributed by atoms with Crippen LogP contribution in [0.3, 0.4) is 0 Å². The van der Waals surface area contributed by atoms with E-state index in [-0.39, 0.29) is 11.8 Å². The van der Waals surface area contributed by atoms with E-state index in [0.29, 0.717) is 12.3 Å². The van der Waals surface area contributed by atoms with Gasteiger partial charge in [0.25, 0.3) is 0 Å². The lowest BCUT2D eigenvalue weighted by Gasteiger charge is -2.21. The maximum atomic E-state index is 11.8. The van der Waals surface area contributed by atoms with Crippen molar-refractivity contribution < 1.29 is 9.53 Å². The van der Waals surface area contributed by atoms with Crippen molar-refractivity contribution in [1.82, 2.24) is 0 Å². The molecule has 86 valence electrons. The standard InChI is InChI=1S/C12H16N2O2/c13-10-3-5-11(6-4-10)14-12(15)9-2-1-7-16-8-9/h3-6,9H,1-2,7-8,13H2,(H,14,15). The summed E-state index contributed by atoms with van der Waals surface area (Å²) in [6.45, 7) is 1.30. The zero-order valence-electron chi connectivity index (χ0n) is 9.11. The second kappa shape index (κ2) is 4.99. The fourth-order valence-corrected chi connectivity index (χ4v) is 1.76. The molecule has 3 N–H and O–H groups in total. The molecule has 1 saturated heterocycles. The van der Waals surface area contributed by atoms with Crippen LogP contribution in [0.15, 0.2) is 24.3 Å². The topological polar surface area (TPSA) is 64.3 Å². The molecule has 0 spiro atoms. The highest BCUT2D eigenvalue weighted by atomic mass is 16.5. The molecular weight excluding hydrogens is 204 g/mol. The molecule has 16 heavy (non-hydrogen) atoms. The van der Waals surface area contributed by atoms with E-state index in [1.807, 2.05) is 0 Å². The molecule has 1 aromatic carbocycles. The molecule has 4 nitrogen and oxygen atoms in total. The Morgan fingerprint density at radius 3 is 2.75 bits per heavy atom. The Labute approximate surface area is 94.8 Å². The number of hydrogen-bond acceptors (Lipinski definition) is 3. The van der Waals surface area contributed by atoms with Gasteiger partial charge in [0.2, 0.25) is 5.91 Å². The maximum Gasteiger partial charge on any atom is 0.229 e. The van der Waals surface area contributed by atoms with Crippen LogP contribution < -0.4 is 11.1 Å². The Morgan fingerprint density at radius 1 is 1.38 bits per heavy atom. The van der Waals surface area contributed by atoms with Crippen LogP contribution in [0.1, 0.15) is 12.8 Å². The fourth-order valence-electron chi connectivity index (χ4n) is 1.76. The number of nitrogens with two attached hydrogens (primary N) is 1. The molecule has 0 aliphatic carbocycles. The van der Waals surface area contributed by atoms with Gasteiger partial charge in [-0.15, -0.1) is 0 Å². The first-order valence-electron chi connectivity index (χ1n) is 5.50. The van der Waals surface area contributed by atoms with E-state index in [1.54, 1.807) is 24.3 Å². The van der Waals surface area contributed by atoms with Crippen LogP contribution in [-0.2, 0) is 9.53 Å². The average molecular weight is 220 g/mol. The van der Waals surface area contributed by atoms with Gasteiger partial charge in [0.1, 0.15) is 0 Å². The van der Waals surface area contributed by atoms with Crippen molar-refractivity contribution in [3.05, 3.63) is 24.3 Å². The molecule has 1 atom stereocenters. The Bertz CT molecular complexity index is 356. The second-order valence-electron chi connectivity index (χ2n) is 4.03. The highest BCUT2D eigenvalue weighted by molar-refractivity contribution is 5.92. The molecule has 1 fully saturated rings. The summed E-state index contributed by atoms with van der Waals surface area (Å²) in [5.74, 6) is 0.00998. The summed E-state index contributed by atoms with van der Waals surface area (Å²) in [7, 11) is 0. The third-order valence-corrected chi connectivity index (χ3v) is 2.71. The largest absolute Gasteiger partial charge is 0.399 e. The number of amides is 1. The summed E-state index contributed by atoms with van der Waals surface area (Å²) in [5.41, 5.74) is 7.04. The van der Waals surface area contributed by atoms with E-state index in [2.05, 4.69) is 5.32 Å². The minimum atomic E-state index is -0.0219. The molecule has 0 bridgehead atoms. The van der Waals surface area contributed by atoms with Gasteiger partial charge in [0, 0.05) is 18.0 Å². The van der Waals surface area contributed by atoms with Crippen molar-refractivity contribution in [2.75, 3.05) is 24.3 Å². The zero-order valence-corrected chi connectivity index (χ0v) is 9.11. The average Bonchev–Trinajstić information content (AvgIpc) is 2.33. The van der Waals surface area contributed by atoms with Crippen molar-refractivity contribution in [2.45, 2.75) is 12.8 Å². The van der Waals surface area contributed by atoms with Gasteiger partial charge in [-0.2, -0.15) is 0 Å². The Balaban J connectivity index is 1.93. The Hall–Kier alpha value is -1.55. The molecular formula is C12H16N2O2. The predicted molar refractivity (Wildman–Crippen MR) is 63.0 cm³/mol. The predicted octanol–water partition coefficient (Wildman–Crippen LogP) is 1.63. The number of ether oxygens (including phenoxy) is 1. The van der Waals surface area contributed by atoms with Gasteiger partial charge in [-0.3, -0.25) is 4.79 Å². The van der Waals surface area contributed by atoms with E-state index < -0.39 is 0 Å². The molecule has 2 rings (SSSR count). The van der Waals surface area contributed by atoms with Crippen LogP contribution in [0.25, 0.3) is 0 Å². The van der Waals surface area contributed by atoms with Gasteiger partial charge in [-0.1, -0.05) is 0 Å². The van der Waals surface area contributed by atoms with E-state index in [0.717, 1.165) is 25.1 Å². The van der Waals surface area contributed by atoms with Gasteiger partial charge < -0.3 is 15.8 Å². The van der Waals surface area contributed by atoms with Crippen molar-refractivity contribution in [3.8, 4) is 0 Å². The normalized spacial score (nSPS) is 20.4. The number of benzene rings is 1. The lowest BCUT2D eigenvalue weighted by atomic mass is 10.0. The highest BCUT2D eigenvalue weighted by Gasteiger charge is 2.21. The number of nitrogen functional groups attached to an aromatic ring is 1. The molecule has 0 radical (unpaired) electrons. The number of carbonyl (C=O) groups is 1. The number of anilines is 2. The Morgan fingerprint density at radius 2 is 2.12 bits per heavy atom. The van der Waals surface area contributed by atoms with Crippen LogP contribution in [0, 0.1) is 5.92 Å². The quantitative estimate of drug-likeness (QED) is 0.744. The van der Waals surface area contributed by atoms with Crippen molar-refractivity contribution in [3.63, 3.8) is 0 Å². The van der Waals surface area contributed by atoms with E-state index in [1.165, 1.54) is 0 Å². The first kappa shape index (κ1) is 11.0. The number of hydrogen-bond donors (Lipinski definition) is 2. The smallest absolute Gasteiger partial charge is 0.229 e. The molecule has 1 amide bonds. The van der Waals surface area contributed by atoms with Gasteiger partial charge in [-0.05, 0) is 37.1 Å². The lowest BCUT2D eigenvalue weighted by molar-refractivity contribution is -0.123. The summed E-state index contributed by atoms with van der Waals surface area (Å²) in [6, 6.07) is 7.15. The van der Waals surface area contributed by atoms with Crippen molar-refractivity contribution in [2.24, 2.45) is 5.92 Å². The van der Waals surface area contributed by atoms with Crippen LogP contribution in [0.5, 0.6) is 0 Å². The third-order valence-electron chi connectivity index (χ3n) is 2.71. The number of nitrogens with one attached hydrogen (secondary N) is 1. The van der Waals surface area contributed by atoms with E-state index >= 15 is 0 Å². The van der Waals surface area contributed by atoms with Gasteiger partial charge in [0.05, 0.1) is 12.5 Å². The molecule has 0 aromatic heterocycles. The van der Waals surface area contributed by atoms with Gasteiger partial charge in [0.15, 0.2) is 0 Å². The SMILES string of the molecule is Nc1ccc(NC(=O)C2CCCOC2)cc1. The summed E-state index contributed by atoms with van der Waals surface area (Å²) >= 11 is 0. The summed E-state index contributed by atoms with van der Waals surface area (Å²) < 4.78 is 5.28. The van der Waals surface area contributed by atoms with Crippen LogP contribution in [-0.4, -0.2) is 19.1 Å². The molecule has 1 heterocycles. The third kappa shape index (κ3) is 2.73. The first-order valence-corrected chi connectivity index (χ1v) is 5.50. The molecule has 1 aromatic rings. The summed E-state index contributed by atoms with van der Waals surface area (Å²) in [6.07, 6.45) is 1.86. The van der Waals surface area contributed by atoms with Gasteiger partial charge in [-0.25, -0.2) is 0 Å². The maximum absolute atomic E-state index is 11.8. The molecule has 4 heteroatoms. The summed E-state index contributed by atoms with van der Waals surface area (Å²) in [4.78, 5) is 11.8. The highest BCUT2D eigenvalue weighted by Crippen LogP contribution is 2.17. The van der Waals surface area contributed by atoms with Crippen LogP contribution >= 0.6 is 0 Å². The fraction of sp³-hybridized carbons (Fsp3) is 0.417. The zero-order chi connectivity index (χ0) is 11.4. The van der Waals surface area contributed by atoms with E-state index in [4.69, 9.17) is 10.5 Å². The van der Waals surface area contributed by atoms with Crippen molar-refractivity contribution in [1.29, 1.82) is 0 Å². The minimum Gasteiger partial charge on any atom is -0.399 e. The van der Waals surface area contributed by atoms with Gasteiger partial charge >= 0.3 is 0 Å². The van der Waals surface area contributed by atoms with Crippen LogP contribution in [0.2, 0.25) is 0 Å². The number of carbonyl (C=O) groups excluding carboxylic acids is 1. The second-order valence-corrected chi connectivity index (χ2v) is 4.03. The molecule has 0 saturated carbocycles.